The first-order valence-electron chi connectivity index (χ1n) is 12.9. The van der Waals surface area contributed by atoms with Crippen LogP contribution in [0.5, 0.6) is 0 Å². The first-order chi connectivity index (χ1) is 18.2. The van der Waals surface area contributed by atoms with Gasteiger partial charge in [-0.2, -0.15) is 0 Å². The van der Waals surface area contributed by atoms with E-state index in [-0.39, 0.29) is 11.8 Å². The van der Waals surface area contributed by atoms with Crippen molar-refractivity contribution in [2.45, 2.75) is 26.2 Å². The van der Waals surface area contributed by atoms with Gasteiger partial charge in [0.15, 0.2) is 11.5 Å². The van der Waals surface area contributed by atoms with E-state index in [1.54, 1.807) is 0 Å². The third-order valence-corrected chi connectivity index (χ3v) is 7.40. The Kier molecular flexibility index (Phi) is 6.04. The lowest BCUT2D eigenvalue weighted by Gasteiger charge is -2.37. The number of benzene rings is 3. The molecule has 3 aromatic carbocycles. The van der Waals surface area contributed by atoms with Crippen LogP contribution in [0, 0.1) is 6.92 Å². The average Bonchev–Trinajstić information content (AvgIpc) is 3.39. The summed E-state index contributed by atoms with van der Waals surface area (Å²) in [7, 11) is 0. The molecule has 186 valence electrons. The molecule has 0 saturated carbocycles. The molecule has 2 aromatic heterocycles. The molecule has 5 aromatic rings. The van der Waals surface area contributed by atoms with Crippen LogP contribution in [0.1, 0.15) is 30.4 Å². The molecular formula is C30H30N6O. The fraction of sp³-hybridized carbons (Fsp3) is 0.267. The third kappa shape index (κ3) is 4.10. The van der Waals surface area contributed by atoms with Gasteiger partial charge in [-0.15, -0.1) is 10.2 Å². The highest BCUT2D eigenvalue weighted by Crippen LogP contribution is 2.31. The second kappa shape index (κ2) is 9.65. The maximum absolute atomic E-state index is 13.5. The topological polar surface area (TPSA) is 66.6 Å². The number of aryl methyl sites for hydroxylation is 1. The molecule has 3 heterocycles. The molecule has 0 bridgehead atoms. The Labute approximate surface area is 216 Å². The van der Waals surface area contributed by atoms with Gasteiger partial charge in [-0.3, -0.25) is 4.79 Å². The molecule has 0 spiro atoms. The highest BCUT2D eigenvalue weighted by Gasteiger charge is 2.29. The van der Waals surface area contributed by atoms with E-state index in [9.17, 15) is 4.79 Å². The fourth-order valence-electron chi connectivity index (χ4n) is 5.36. The summed E-state index contributed by atoms with van der Waals surface area (Å²) in [5.74, 6) is 1.70. The molecule has 1 fully saturated rings. The van der Waals surface area contributed by atoms with Crippen molar-refractivity contribution in [3.63, 3.8) is 0 Å². The number of carbonyl (C=O) groups is 1. The van der Waals surface area contributed by atoms with Gasteiger partial charge in [0.05, 0.1) is 11.4 Å². The normalized spacial score (nSPS) is 14.9. The van der Waals surface area contributed by atoms with Crippen molar-refractivity contribution >= 4 is 28.4 Å². The molecule has 37 heavy (non-hydrogen) atoms. The van der Waals surface area contributed by atoms with Crippen LogP contribution in [0.25, 0.3) is 27.9 Å². The molecule has 1 amide bonds. The van der Waals surface area contributed by atoms with Crippen LogP contribution in [-0.2, 0) is 4.79 Å². The number of hydrogen-bond donors (Lipinski definition) is 0. The van der Waals surface area contributed by atoms with Gasteiger partial charge >= 0.3 is 0 Å². The second-order valence-corrected chi connectivity index (χ2v) is 9.61. The lowest BCUT2D eigenvalue weighted by atomic mass is 9.95. The van der Waals surface area contributed by atoms with Gasteiger partial charge < -0.3 is 9.80 Å². The van der Waals surface area contributed by atoms with Crippen LogP contribution in [-0.4, -0.2) is 56.6 Å². The standard InChI is InChI=1S/C30H30N6O/c1-3-23(22-12-5-4-6-13-22)29(37)34-17-19-35(20-18-34)30-31-26-16-10-9-15-25(26)28-33-32-27(36(28)30)24-14-8-7-11-21(24)2/h4-16,23H,3,17-20H2,1-2H3/t23-/m1/s1. The van der Waals surface area contributed by atoms with Gasteiger partial charge in [0.25, 0.3) is 0 Å². The van der Waals surface area contributed by atoms with E-state index < -0.39 is 0 Å². The minimum atomic E-state index is -0.108. The van der Waals surface area contributed by atoms with Gasteiger partial charge in [0.1, 0.15) is 0 Å². The Bertz CT molecular complexity index is 1570. The molecule has 1 aliphatic heterocycles. The maximum Gasteiger partial charge on any atom is 0.230 e. The number of piperazine rings is 1. The summed E-state index contributed by atoms with van der Waals surface area (Å²) in [5, 5.41) is 10.2. The summed E-state index contributed by atoms with van der Waals surface area (Å²) >= 11 is 0. The van der Waals surface area contributed by atoms with E-state index in [0.29, 0.717) is 26.2 Å². The Morgan fingerprint density at radius 2 is 1.57 bits per heavy atom. The number of rotatable bonds is 5. The molecule has 7 nitrogen and oxygen atoms in total. The zero-order valence-corrected chi connectivity index (χ0v) is 21.2. The number of anilines is 1. The Morgan fingerprint density at radius 3 is 2.32 bits per heavy atom. The van der Waals surface area contributed by atoms with E-state index >= 15 is 0 Å². The molecule has 0 aliphatic carbocycles. The van der Waals surface area contributed by atoms with Crippen LogP contribution in [0.3, 0.4) is 0 Å². The summed E-state index contributed by atoms with van der Waals surface area (Å²) in [6.07, 6.45) is 0.788. The molecule has 7 heteroatoms. The van der Waals surface area contributed by atoms with Crippen molar-refractivity contribution in [1.82, 2.24) is 24.5 Å². The monoisotopic (exact) mass is 490 g/mol. The number of amides is 1. The number of aromatic nitrogens is 4. The highest BCUT2D eigenvalue weighted by atomic mass is 16.2. The lowest BCUT2D eigenvalue weighted by Crippen LogP contribution is -2.50. The van der Waals surface area contributed by atoms with Crippen LogP contribution in [0.2, 0.25) is 0 Å². The van der Waals surface area contributed by atoms with Gasteiger partial charge in [0.2, 0.25) is 11.9 Å². The SMILES string of the molecule is CC[C@@H](C(=O)N1CCN(c2nc3ccccc3c3nnc(-c4ccccc4C)n23)CC1)c1ccccc1. The smallest absolute Gasteiger partial charge is 0.230 e. The van der Waals surface area contributed by atoms with Gasteiger partial charge in [-0.1, -0.05) is 73.7 Å². The van der Waals surface area contributed by atoms with Crippen molar-refractivity contribution in [1.29, 1.82) is 0 Å². The summed E-state index contributed by atoms with van der Waals surface area (Å²) < 4.78 is 2.08. The first-order valence-corrected chi connectivity index (χ1v) is 12.9. The molecule has 1 saturated heterocycles. The summed E-state index contributed by atoms with van der Waals surface area (Å²) in [6, 6.07) is 26.4. The van der Waals surface area contributed by atoms with Crippen LogP contribution in [0.15, 0.2) is 78.9 Å². The van der Waals surface area contributed by atoms with E-state index in [4.69, 9.17) is 4.98 Å². The largest absolute Gasteiger partial charge is 0.339 e. The number of nitrogens with zero attached hydrogens (tertiary/aromatic N) is 6. The lowest BCUT2D eigenvalue weighted by molar-refractivity contribution is -0.133. The van der Waals surface area contributed by atoms with Crippen molar-refractivity contribution < 1.29 is 4.79 Å². The van der Waals surface area contributed by atoms with Gasteiger partial charge in [-0.25, -0.2) is 9.38 Å². The molecule has 0 unspecified atom stereocenters. The third-order valence-electron chi connectivity index (χ3n) is 7.40. The highest BCUT2D eigenvalue weighted by molar-refractivity contribution is 5.93. The van der Waals surface area contributed by atoms with Gasteiger partial charge in [-0.05, 0) is 36.6 Å². The summed E-state index contributed by atoms with van der Waals surface area (Å²) in [5.41, 5.74) is 4.95. The van der Waals surface area contributed by atoms with E-state index in [1.807, 2.05) is 59.5 Å². The first kappa shape index (κ1) is 23.2. The van der Waals surface area contributed by atoms with Crippen molar-refractivity contribution in [2.24, 2.45) is 0 Å². The predicted octanol–water partition coefficient (Wildman–Crippen LogP) is 5.10. The summed E-state index contributed by atoms with van der Waals surface area (Å²) in [4.78, 5) is 22.8. The Morgan fingerprint density at radius 1 is 0.865 bits per heavy atom. The molecular weight excluding hydrogens is 460 g/mol. The summed E-state index contributed by atoms with van der Waals surface area (Å²) in [6.45, 7) is 6.87. The van der Waals surface area contributed by atoms with Crippen LogP contribution in [0.4, 0.5) is 5.95 Å². The number of hydrogen-bond acceptors (Lipinski definition) is 5. The zero-order valence-electron chi connectivity index (χ0n) is 21.2. The van der Waals surface area contributed by atoms with Crippen LogP contribution >= 0.6 is 0 Å². The van der Waals surface area contributed by atoms with Crippen LogP contribution < -0.4 is 4.90 Å². The number of para-hydroxylation sites is 1. The van der Waals surface area contributed by atoms with Crippen molar-refractivity contribution in [3.05, 3.63) is 90.0 Å². The van der Waals surface area contributed by atoms with E-state index in [2.05, 4.69) is 57.6 Å². The molecule has 6 rings (SSSR count). The van der Waals surface area contributed by atoms with Gasteiger partial charge in [0, 0.05) is 37.1 Å². The zero-order chi connectivity index (χ0) is 25.4. The fourth-order valence-corrected chi connectivity index (χ4v) is 5.36. The Hall–Kier alpha value is -4.26. The predicted molar refractivity (Wildman–Crippen MR) is 147 cm³/mol. The second-order valence-electron chi connectivity index (χ2n) is 9.61. The quantitative estimate of drug-likeness (QED) is 0.343. The molecule has 0 radical (unpaired) electrons. The minimum absolute atomic E-state index is 0.108. The minimum Gasteiger partial charge on any atom is -0.339 e. The van der Waals surface area contributed by atoms with E-state index in [1.165, 1.54) is 0 Å². The number of carbonyl (C=O) groups excluding carboxylic acids is 1. The number of fused-ring (bicyclic) bond motifs is 3. The molecule has 0 N–H and O–H groups in total. The Balaban J connectivity index is 1.35. The molecule has 1 aliphatic rings. The van der Waals surface area contributed by atoms with Crippen molar-refractivity contribution in [2.75, 3.05) is 31.1 Å². The maximum atomic E-state index is 13.5. The molecule has 1 atom stereocenters. The van der Waals surface area contributed by atoms with Crippen molar-refractivity contribution in [3.8, 4) is 11.4 Å². The van der Waals surface area contributed by atoms with E-state index in [0.717, 1.165) is 51.4 Å². The average molecular weight is 491 g/mol.